The molecule has 0 aromatic heterocycles. The van der Waals surface area contributed by atoms with E-state index in [4.69, 9.17) is 10.5 Å². The minimum Gasteiger partial charge on any atom is -0.375 e. The lowest BCUT2D eigenvalue weighted by Gasteiger charge is -2.45. The molecule has 0 bridgehead atoms. The molecule has 80 valence electrons. The molecule has 3 heteroatoms. The maximum absolute atomic E-state index is 6.05. The minimum absolute atomic E-state index is 0.287. The van der Waals surface area contributed by atoms with E-state index in [-0.39, 0.29) is 5.60 Å². The third-order valence-electron chi connectivity index (χ3n) is 4.13. The largest absolute Gasteiger partial charge is 0.375 e. The van der Waals surface area contributed by atoms with Crippen molar-refractivity contribution in [3.8, 4) is 0 Å². The molecule has 1 heterocycles. The summed E-state index contributed by atoms with van der Waals surface area (Å²) in [6.45, 7) is 1.85. The molecule has 1 spiro atoms. The molecule has 1 atom stereocenters. The van der Waals surface area contributed by atoms with Gasteiger partial charge in [0.1, 0.15) is 0 Å². The summed E-state index contributed by atoms with van der Waals surface area (Å²) >= 11 is 1.29. The molecular formula is C11H22AlNO. The highest BCUT2D eigenvalue weighted by Crippen LogP contribution is 2.50. The van der Waals surface area contributed by atoms with E-state index in [0.717, 1.165) is 13.2 Å². The summed E-state index contributed by atoms with van der Waals surface area (Å²) in [4.78, 5) is 0. The van der Waals surface area contributed by atoms with Crippen LogP contribution in [0.4, 0.5) is 0 Å². The highest BCUT2D eigenvalue weighted by molar-refractivity contribution is 6.15. The van der Waals surface area contributed by atoms with Gasteiger partial charge in [0.05, 0.1) is 5.60 Å². The summed E-state index contributed by atoms with van der Waals surface area (Å²) in [5.41, 5.74) is 6.00. The summed E-state index contributed by atoms with van der Waals surface area (Å²) < 4.78 is 6.64. The van der Waals surface area contributed by atoms with Crippen molar-refractivity contribution in [3.05, 3.63) is 0 Å². The van der Waals surface area contributed by atoms with Crippen molar-refractivity contribution in [2.24, 2.45) is 5.73 Å². The van der Waals surface area contributed by atoms with Gasteiger partial charge in [-0.2, -0.15) is 0 Å². The zero-order valence-electron chi connectivity index (χ0n) is 9.35. The van der Waals surface area contributed by atoms with Gasteiger partial charge in [-0.15, -0.1) is 0 Å². The number of hydrogen-bond acceptors (Lipinski definition) is 2. The molecule has 2 N–H and O–H groups in total. The summed E-state index contributed by atoms with van der Waals surface area (Å²) in [5, 5.41) is 0. The van der Waals surface area contributed by atoms with Crippen molar-refractivity contribution in [3.63, 3.8) is 0 Å². The fourth-order valence-corrected chi connectivity index (χ4v) is 4.47. The van der Waals surface area contributed by atoms with Gasteiger partial charge < -0.3 is 10.5 Å². The summed E-state index contributed by atoms with van der Waals surface area (Å²) in [7, 11) is 0. The van der Waals surface area contributed by atoms with Crippen molar-refractivity contribution in [2.75, 3.05) is 13.2 Å². The smallest absolute Gasteiger partial charge is 0.221 e. The van der Waals surface area contributed by atoms with Crippen molar-refractivity contribution in [1.29, 1.82) is 0 Å². The van der Waals surface area contributed by atoms with Crippen LogP contribution in [-0.2, 0) is 4.74 Å². The van der Waals surface area contributed by atoms with Gasteiger partial charge in [0.25, 0.3) is 0 Å². The third kappa shape index (κ3) is 2.17. The van der Waals surface area contributed by atoms with Crippen LogP contribution in [0, 0.1) is 0 Å². The maximum atomic E-state index is 6.05. The molecule has 1 unspecified atom stereocenters. The maximum Gasteiger partial charge on any atom is 0.221 e. The van der Waals surface area contributed by atoms with Crippen LogP contribution >= 0.6 is 0 Å². The fraction of sp³-hybridized carbons (Fsp3) is 1.00. The van der Waals surface area contributed by atoms with Crippen LogP contribution < -0.4 is 5.73 Å². The lowest BCUT2D eigenvalue weighted by Crippen LogP contribution is -2.41. The Hall–Kier alpha value is 0.452. The lowest BCUT2D eigenvalue weighted by atomic mass is 9.82. The Kier molecular flexibility index (Phi) is 3.24. The third-order valence-corrected chi connectivity index (χ3v) is 5.48. The van der Waals surface area contributed by atoms with E-state index < -0.39 is 0 Å². The van der Waals surface area contributed by atoms with Crippen LogP contribution in [0.3, 0.4) is 0 Å². The van der Waals surface area contributed by atoms with Crippen molar-refractivity contribution in [1.82, 2.24) is 0 Å². The first kappa shape index (κ1) is 11.0. The molecule has 0 aromatic carbocycles. The molecular weight excluding hydrogens is 189 g/mol. The molecule has 0 aromatic rings. The zero-order valence-corrected chi connectivity index (χ0v) is 11.3. The molecule has 2 rings (SSSR count). The molecule has 2 aliphatic rings. The Morgan fingerprint density at radius 2 is 1.93 bits per heavy atom. The van der Waals surface area contributed by atoms with Crippen LogP contribution in [0.15, 0.2) is 0 Å². The second-order valence-electron chi connectivity index (χ2n) is 5.51. The van der Waals surface area contributed by atoms with Crippen molar-refractivity contribution in [2.45, 2.75) is 54.8 Å². The van der Waals surface area contributed by atoms with Crippen LogP contribution in [0.5, 0.6) is 0 Å². The average Bonchev–Trinajstić information content (AvgIpc) is 2.52. The van der Waals surface area contributed by atoms with E-state index in [1.165, 1.54) is 61.2 Å². The van der Waals surface area contributed by atoms with Crippen molar-refractivity contribution < 1.29 is 4.74 Å². The molecule has 14 heavy (non-hydrogen) atoms. The van der Waals surface area contributed by atoms with Gasteiger partial charge in [-0.25, -0.2) is 0 Å². The normalized spacial score (nSPS) is 36.4. The van der Waals surface area contributed by atoms with Gasteiger partial charge in [-0.3, -0.25) is 0 Å². The molecule has 2 fully saturated rings. The second-order valence-corrected chi connectivity index (χ2v) is 7.64. The van der Waals surface area contributed by atoms with E-state index in [9.17, 15) is 0 Å². The molecule has 1 saturated heterocycles. The minimum atomic E-state index is 0.287. The first-order chi connectivity index (χ1) is 6.68. The molecule has 0 amide bonds. The zero-order chi connectivity index (χ0) is 10.1. The first-order valence-corrected chi connectivity index (χ1v) is 7.02. The Bertz CT molecular complexity index is 199. The van der Waals surface area contributed by atoms with E-state index in [1.807, 2.05) is 0 Å². The second kappa shape index (κ2) is 4.14. The summed E-state index contributed by atoms with van der Waals surface area (Å²) in [6.07, 6.45) is 9.16. The quantitative estimate of drug-likeness (QED) is 0.698. The highest BCUT2D eigenvalue weighted by atomic mass is 27.0. The number of hydrogen-bond donors (Lipinski definition) is 1. The molecule has 2 nitrogen and oxygen atoms in total. The van der Waals surface area contributed by atoms with Crippen LogP contribution in [0.2, 0.25) is 4.28 Å². The summed E-state index contributed by atoms with van der Waals surface area (Å²) in [5.74, 6) is 0. The van der Waals surface area contributed by atoms with Crippen LogP contribution in [0.1, 0.15) is 44.9 Å². The average molecular weight is 211 g/mol. The van der Waals surface area contributed by atoms with Gasteiger partial charge in [-0.1, -0.05) is 17.1 Å². The number of nitrogens with two attached hydrogens (primary N) is 1. The molecule has 1 saturated carbocycles. The number of rotatable bonds is 2. The molecule has 1 aliphatic heterocycles. The monoisotopic (exact) mass is 211 g/mol. The first-order valence-electron chi connectivity index (χ1n) is 6.02. The van der Waals surface area contributed by atoms with Gasteiger partial charge >= 0.3 is 0 Å². The highest BCUT2D eigenvalue weighted by Gasteiger charge is 2.44. The predicted octanol–water partition coefficient (Wildman–Crippen LogP) is 1.25. The Morgan fingerprint density at radius 1 is 1.21 bits per heavy atom. The fourth-order valence-electron chi connectivity index (χ4n) is 3.33. The van der Waals surface area contributed by atoms with Gasteiger partial charge in [-0.05, 0) is 38.6 Å². The van der Waals surface area contributed by atoms with E-state index in [2.05, 4.69) is 0 Å². The Balaban J connectivity index is 2.02. The number of ether oxygens (including phenoxy) is 1. The molecule has 0 radical (unpaired) electrons. The van der Waals surface area contributed by atoms with Gasteiger partial charge in [0.2, 0.25) is 16.3 Å². The standard InChI is InChI=1S/C11H20NO.Al.2H/c12-7-3-10-4-8-13-11(9-10)5-1-2-6-11;;;/h1-9,12H2;;;. The van der Waals surface area contributed by atoms with Gasteiger partial charge in [0, 0.05) is 6.61 Å². The molecule has 1 aliphatic carbocycles. The van der Waals surface area contributed by atoms with E-state index in [0.29, 0.717) is 4.28 Å². The van der Waals surface area contributed by atoms with Gasteiger partial charge in [0.15, 0.2) is 0 Å². The summed E-state index contributed by atoms with van der Waals surface area (Å²) in [6, 6.07) is 0. The van der Waals surface area contributed by atoms with E-state index >= 15 is 0 Å². The Labute approximate surface area is 95.0 Å². The van der Waals surface area contributed by atoms with E-state index in [1.54, 1.807) is 0 Å². The Morgan fingerprint density at radius 3 is 2.57 bits per heavy atom. The SMILES string of the molecule is NCC[C]1([AlH2])CCOC2(CCCC2)C1. The lowest BCUT2D eigenvalue weighted by molar-refractivity contribution is -0.0888. The predicted molar refractivity (Wildman–Crippen MR) is 61.3 cm³/mol. The van der Waals surface area contributed by atoms with Crippen molar-refractivity contribution >= 4 is 16.3 Å². The topological polar surface area (TPSA) is 35.2 Å². The van der Waals surface area contributed by atoms with Crippen LogP contribution in [0.25, 0.3) is 0 Å². The van der Waals surface area contributed by atoms with Crippen LogP contribution in [-0.4, -0.2) is 35.0 Å².